The van der Waals surface area contributed by atoms with E-state index in [4.69, 9.17) is 9.52 Å². The third kappa shape index (κ3) is 2.21. The summed E-state index contributed by atoms with van der Waals surface area (Å²) in [6.45, 7) is 2.04. The molecule has 1 saturated heterocycles. The van der Waals surface area contributed by atoms with Gasteiger partial charge in [0.2, 0.25) is 0 Å². The van der Waals surface area contributed by atoms with E-state index in [-0.39, 0.29) is 6.61 Å². The van der Waals surface area contributed by atoms with Gasteiger partial charge in [-0.25, -0.2) is 0 Å². The number of aldehydes is 1. The average Bonchev–Trinajstić information content (AvgIpc) is 2.78. The number of carbonyl (C=O) groups is 1. The van der Waals surface area contributed by atoms with Gasteiger partial charge in [0, 0.05) is 25.8 Å². The summed E-state index contributed by atoms with van der Waals surface area (Å²) in [6, 6.07) is 3.50. The van der Waals surface area contributed by atoms with E-state index in [1.54, 1.807) is 6.07 Å². The van der Waals surface area contributed by atoms with Crippen LogP contribution in [0, 0.1) is 5.92 Å². The summed E-state index contributed by atoms with van der Waals surface area (Å²) in [7, 11) is 0. The zero-order valence-corrected chi connectivity index (χ0v) is 8.56. The molecule has 0 aromatic carbocycles. The second-order valence-electron chi connectivity index (χ2n) is 3.91. The number of rotatable bonds is 3. The van der Waals surface area contributed by atoms with Gasteiger partial charge in [-0.2, -0.15) is 0 Å². The highest BCUT2D eigenvalue weighted by molar-refractivity contribution is 5.71. The maximum Gasteiger partial charge on any atom is 0.196 e. The summed E-state index contributed by atoms with van der Waals surface area (Å²) >= 11 is 0. The lowest BCUT2D eigenvalue weighted by atomic mass is 9.98. The molecular weight excluding hydrogens is 194 g/mol. The lowest BCUT2D eigenvalue weighted by Gasteiger charge is -2.30. The quantitative estimate of drug-likeness (QED) is 0.762. The summed E-state index contributed by atoms with van der Waals surface area (Å²) in [4.78, 5) is 12.6. The molecule has 2 heterocycles. The van der Waals surface area contributed by atoms with Crippen molar-refractivity contribution < 1.29 is 14.3 Å². The number of aliphatic hydroxyl groups excluding tert-OH is 1. The van der Waals surface area contributed by atoms with Crippen molar-refractivity contribution in [2.24, 2.45) is 5.92 Å². The molecular formula is C11H15NO3. The molecule has 4 heteroatoms. The Morgan fingerprint density at radius 3 is 2.73 bits per heavy atom. The zero-order chi connectivity index (χ0) is 10.7. The van der Waals surface area contributed by atoms with Crippen LogP contribution < -0.4 is 4.90 Å². The first-order valence-electron chi connectivity index (χ1n) is 5.24. The van der Waals surface area contributed by atoms with E-state index in [0.717, 1.165) is 31.8 Å². The standard InChI is InChI=1S/C11H15NO3/c13-7-9-3-5-12(6-4-9)11-2-1-10(8-14)15-11/h1-2,8-9,13H,3-7H2. The molecule has 1 aromatic heterocycles. The first-order chi connectivity index (χ1) is 7.33. The van der Waals surface area contributed by atoms with Crippen LogP contribution in [0.15, 0.2) is 16.5 Å². The van der Waals surface area contributed by atoms with E-state index < -0.39 is 0 Å². The van der Waals surface area contributed by atoms with Crippen LogP contribution in [0.1, 0.15) is 23.4 Å². The number of anilines is 1. The number of carbonyl (C=O) groups excluding carboxylic acids is 1. The van der Waals surface area contributed by atoms with E-state index in [2.05, 4.69) is 4.90 Å². The number of hydrogen-bond acceptors (Lipinski definition) is 4. The summed E-state index contributed by atoms with van der Waals surface area (Å²) < 4.78 is 5.34. The number of hydrogen-bond donors (Lipinski definition) is 1. The Morgan fingerprint density at radius 2 is 2.20 bits per heavy atom. The van der Waals surface area contributed by atoms with Crippen molar-refractivity contribution in [3.63, 3.8) is 0 Å². The fourth-order valence-corrected chi connectivity index (χ4v) is 1.91. The van der Waals surface area contributed by atoms with Gasteiger partial charge in [0.25, 0.3) is 0 Å². The second-order valence-corrected chi connectivity index (χ2v) is 3.91. The first kappa shape index (κ1) is 10.2. The maximum absolute atomic E-state index is 10.5. The van der Waals surface area contributed by atoms with Gasteiger partial charge in [0.1, 0.15) is 0 Å². The van der Waals surface area contributed by atoms with Crippen LogP contribution in [-0.2, 0) is 0 Å². The molecule has 0 radical (unpaired) electrons. The highest BCUT2D eigenvalue weighted by atomic mass is 16.4. The minimum atomic E-state index is 0.269. The Labute approximate surface area is 88.5 Å². The highest BCUT2D eigenvalue weighted by Gasteiger charge is 2.20. The third-order valence-electron chi connectivity index (χ3n) is 2.91. The molecule has 0 spiro atoms. The molecule has 0 atom stereocenters. The number of nitrogens with zero attached hydrogens (tertiary/aromatic N) is 1. The topological polar surface area (TPSA) is 53.7 Å². The van der Waals surface area contributed by atoms with Crippen LogP contribution in [0.4, 0.5) is 5.88 Å². The molecule has 4 nitrogen and oxygen atoms in total. The van der Waals surface area contributed by atoms with Gasteiger partial charge in [-0.3, -0.25) is 4.79 Å². The normalized spacial score (nSPS) is 18.1. The summed E-state index contributed by atoms with van der Waals surface area (Å²) in [5.74, 6) is 1.55. The molecule has 0 bridgehead atoms. The van der Waals surface area contributed by atoms with Crippen molar-refractivity contribution in [1.82, 2.24) is 0 Å². The monoisotopic (exact) mass is 209 g/mol. The molecule has 1 aliphatic heterocycles. The molecule has 0 aliphatic carbocycles. The van der Waals surface area contributed by atoms with E-state index >= 15 is 0 Å². The molecule has 0 amide bonds. The number of piperidine rings is 1. The van der Waals surface area contributed by atoms with E-state index in [9.17, 15) is 4.79 Å². The van der Waals surface area contributed by atoms with Crippen molar-refractivity contribution >= 4 is 12.2 Å². The minimum absolute atomic E-state index is 0.269. The molecule has 1 fully saturated rings. The Bertz CT molecular complexity index is 326. The SMILES string of the molecule is O=Cc1ccc(N2CCC(CO)CC2)o1. The molecule has 1 aliphatic rings. The molecule has 1 aromatic rings. The fourth-order valence-electron chi connectivity index (χ4n) is 1.91. The van der Waals surface area contributed by atoms with Gasteiger partial charge in [-0.15, -0.1) is 0 Å². The van der Waals surface area contributed by atoms with Gasteiger partial charge < -0.3 is 14.4 Å². The Hall–Kier alpha value is -1.29. The van der Waals surface area contributed by atoms with E-state index in [1.807, 2.05) is 6.07 Å². The van der Waals surface area contributed by atoms with Crippen molar-refractivity contribution in [3.05, 3.63) is 17.9 Å². The highest BCUT2D eigenvalue weighted by Crippen LogP contribution is 2.24. The zero-order valence-electron chi connectivity index (χ0n) is 8.56. The molecule has 0 saturated carbocycles. The number of aliphatic hydroxyl groups is 1. The van der Waals surface area contributed by atoms with E-state index in [1.165, 1.54) is 0 Å². The molecule has 82 valence electrons. The van der Waals surface area contributed by atoms with Crippen molar-refractivity contribution in [1.29, 1.82) is 0 Å². The Morgan fingerprint density at radius 1 is 1.47 bits per heavy atom. The van der Waals surface area contributed by atoms with Gasteiger partial charge >= 0.3 is 0 Å². The smallest absolute Gasteiger partial charge is 0.196 e. The molecule has 0 unspecified atom stereocenters. The number of furan rings is 1. The minimum Gasteiger partial charge on any atom is -0.438 e. The Kier molecular flexibility index (Phi) is 3.06. The van der Waals surface area contributed by atoms with Crippen molar-refractivity contribution in [2.75, 3.05) is 24.6 Å². The molecule has 1 N–H and O–H groups in total. The predicted octanol–water partition coefficient (Wildman–Crippen LogP) is 1.30. The van der Waals surface area contributed by atoms with E-state index in [0.29, 0.717) is 18.0 Å². The van der Waals surface area contributed by atoms with Crippen LogP contribution in [0.5, 0.6) is 0 Å². The largest absolute Gasteiger partial charge is 0.438 e. The summed E-state index contributed by atoms with van der Waals surface area (Å²) in [6.07, 6.45) is 2.67. The van der Waals surface area contributed by atoms with Crippen molar-refractivity contribution in [2.45, 2.75) is 12.8 Å². The second kappa shape index (κ2) is 4.49. The fraction of sp³-hybridized carbons (Fsp3) is 0.545. The molecule has 2 rings (SSSR count). The lowest BCUT2D eigenvalue weighted by molar-refractivity contribution is 0.110. The van der Waals surface area contributed by atoms with Crippen LogP contribution >= 0.6 is 0 Å². The van der Waals surface area contributed by atoms with Crippen LogP contribution in [0.25, 0.3) is 0 Å². The van der Waals surface area contributed by atoms with Gasteiger partial charge in [-0.1, -0.05) is 0 Å². The Balaban J connectivity index is 1.97. The average molecular weight is 209 g/mol. The summed E-state index contributed by atoms with van der Waals surface area (Å²) in [5, 5.41) is 9.00. The van der Waals surface area contributed by atoms with Gasteiger partial charge in [-0.05, 0) is 24.8 Å². The summed E-state index contributed by atoms with van der Waals surface area (Å²) in [5.41, 5.74) is 0. The lowest BCUT2D eigenvalue weighted by Crippen LogP contribution is -2.34. The van der Waals surface area contributed by atoms with Crippen LogP contribution in [0.3, 0.4) is 0 Å². The van der Waals surface area contributed by atoms with Crippen molar-refractivity contribution in [3.8, 4) is 0 Å². The molecule has 15 heavy (non-hydrogen) atoms. The van der Waals surface area contributed by atoms with Gasteiger partial charge in [0.05, 0.1) is 0 Å². The van der Waals surface area contributed by atoms with Crippen LogP contribution in [0.2, 0.25) is 0 Å². The third-order valence-corrected chi connectivity index (χ3v) is 2.91. The van der Waals surface area contributed by atoms with Crippen LogP contribution in [-0.4, -0.2) is 31.1 Å². The predicted molar refractivity (Wildman–Crippen MR) is 56.1 cm³/mol. The first-order valence-corrected chi connectivity index (χ1v) is 5.24. The maximum atomic E-state index is 10.5. The van der Waals surface area contributed by atoms with Gasteiger partial charge in [0.15, 0.2) is 17.9 Å².